The molecule has 2 N–H and O–H groups in total. The van der Waals surface area contributed by atoms with Crippen LogP contribution in [-0.4, -0.2) is 39.7 Å². The maximum atomic E-state index is 13.3. The summed E-state index contributed by atoms with van der Waals surface area (Å²) < 4.78 is 4.27. The van der Waals surface area contributed by atoms with Gasteiger partial charge in [0, 0.05) is 24.2 Å². The number of H-pyrrole nitrogens is 2. The molecule has 0 unspecified atom stereocenters. The summed E-state index contributed by atoms with van der Waals surface area (Å²) >= 11 is 7.68. The summed E-state index contributed by atoms with van der Waals surface area (Å²) in [5.74, 6) is 0. The van der Waals surface area contributed by atoms with Gasteiger partial charge in [-0.15, -0.1) is 11.3 Å². The minimum absolute atomic E-state index is 0.149. The number of nitrogens with zero attached hydrogens (tertiary/aromatic N) is 6. The molecule has 6 aromatic rings. The third-order valence-electron chi connectivity index (χ3n) is 5.46. The molecular weight excluding hydrogens is 436 g/mol. The molecule has 11 heteroatoms. The molecule has 0 saturated carbocycles. The molecule has 9 nitrogen and oxygen atoms in total. The molecule has 31 heavy (non-hydrogen) atoms. The maximum Gasteiger partial charge on any atom is 0.291 e. The van der Waals surface area contributed by atoms with E-state index in [1.165, 1.54) is 16.0 Å². The van der Waals surface area contributed by atoms with Crippen LogP contribution in [0.3, 0.4) is 0 Å². The van der Waals surface area contributed by atoms with Gasteiger partial charge in [0.05, 0.1) is 46.1 Å². The van der Waals surface area contributed by atoms with Crippen molar-refractivity contribution < 1.29 is 0 Å². The molecule has 154 valence electrons. The van der Waals surface area contributed by atoms with Gasteiger partial charge in [0.25, 0.3) is 5.56 Å². The van der Waals surface area contributed by atoms with E-state index in [0.29, 0.717) is 23.5 Å². The highest BCUT2D eigenvalue weighted by Gasteiger charge is 2.19. The van der Waals surface area contributed by atoms with E-state index in [1.807, 2.05) is 29.8 Å². The number of nitrogens with one attached hydrogen (secondary N) is 2. The molecule has 0 fully saturated rings. The maximum absolute atomic E-state index is 13.3. The number of hydrogen-bond acceptors (Lipinski definition) is 6. The van der Waals surface area contributed by atoms with Crippen molar-refractivity contribution in [3.8, 4) is 0 Å². The van der Waals surface area contributed by atoms with Crippen molar-refractivity contribution in [2.24, 2.45) is 7.05 Å². The van der Waals surface area contributed by atoms with Crippen LogP contribution in [0.2, 0.25) is 5.02 Å². The summed E-state index contributed by atoms with van der Waals surface area (Å²) in [5.41, 5.74) is 3.93. The van der Waals surface area contributed by atoms with Gasteiger partial charge in [-0.1, -0.05) is 23.7 Å². The van der Waals surface area contributed by atoms with E-state index in [4.69, 9.17) is 16.6 Å². The molecule has 6 rings (SSSR count). The molecule has 0 bridgehead atoms. The van der Waals surface area contributed by atoms with Crippen LogP contribution >= 0.6 is 22.9 Å². The number of thiazole rings is 1. The zero-order valence-electron chi connectivity index (χ0n) is 16.3. The first-order valence-corrected chi connectivity index (χ1v) is 10.7. The second kappa shape index (κ2) is 6.76. The van der Waals surface area contributed by atoms with Crippen molar-refractivity contribution in [3.63, 3.8) is 0 Å². The zero-order chi connectivity index (χ0) is 21.1. The Morgan fingerprint density at radius 1 is 1.13 bits per heavy atom. The van der Waals surface area contributed by atoms with Gasteiger partial charge in [-0.25, -0.2) is 9.67 Å². The lowest BCUT2D eigenvalue weighted by Gasteiger charge is -2.07. The quantitative estimate of drug-likeness (QED) is 0.428. The van der Waals surface area contributed by atoms with Gasteiger partial charge in [0.2, 0.25) is 0 Å². The van der Waals surface area contributed by atoms with Gasteiger partial charge in [-0.3, -0.25) is 15.0 Å². The molecular formula is C20H15ClN8OS. The smallest absolute Gasteiger partial charge is 0.291 e. The van der Waals surface area contributed by atoms with E-state index in [2.05, 4.69) is 25.5 Å². The Balaban J connectivity index is 1.44. The number of benzene rings is 1. The van der Waals surface area contributed by atoms with Crippen LogP contribution in [0.5, 0.6) is 0 Å². The Morgan fingerprint density at radius 3 is 2.84 bits per heavy atom. The Kier molecular flexibility index (Phi) is 3.99. The first-order valence-electron chi connectivity index (χ1n) is 9.53. The first kappa shape index (κ1) is 18.3. The molecule has 5 aromatic heterocycles. The van der Waals surface area contributed by atoms with Crippen LogP contribution in [0.1, 0.15) is 16.3 Å². The second-order valence-electron chi connectivity index (χ2n) is 7.31. The van der Waals surface area contributed by atoms with E-state index < -0.39 is 0 Å². The lowest BCUT2D eigenvalue weighted by atomic mass is 10.1. The highest BCUT2D eigenvalue weighted by Crippen LogP contribution is 2.32. The molecule has 0 spiro atoms. The Bertz CT molecular complexity index is 1650. The van der Waals surface area contributed by atoms with Crippen LogP contribution in [0.25, 0.3) is 32.2 Å². The minimum Gasteiger partial charge on any atom is -0.323 e. The predicted molar refractivity (Wildman–Crippen MR) is 120 cm³/mol. The second-order valence-corrected chi connectivity index (χ2v) is 8.80. The molecule has 0 radical (unpaired) electrons. The van der Waals surface area contributed by atoms with Crippen molar-refractivity contribution in [1.29, 1.82) is 0 Å². The summed E-state index contributed by atoms with van der Waals surface area (Å²) in [7, 11) is 1.86. The fraction of sp³-hybridized carbons (Fsp3) is 0.150. The van der Waals surface area contributed by atoms with Gasteiger partial charge in [0.15, 0.2) is 5.65 Å². The van der Waals surface area contributed by atoms with Crippen LogP contribution in [0.15, 0.2) is 41.6 Å². The van der Waals surface area contributed by atoms with Crippen molar-refractivity contribution in [1.82, 2.24) is 39.7 Å². The normalized spacial score (nSPS) is 11.9. The lowest BCUT2D eigenvalue weighted by Crippen LogP contribution is -2.24. The van der Waals surface area contributed by atoms with Crippen LogP contribution in [0, 0.1) is 0 Å². The molecule has 5 heterocycles. The van der Waals surface area contributed by atoms with Crippen molar-refractivity contribution in [2.75, 3.05) is 0 Å². The van der Waals surface area contributed by atoms with E-state index in [1.54, 1.807) is 18.6 Å². The van der Waals surface area contributed by atoms with Gasteiger partial charge in [0.1, 0.15) is 10.5 Å². The van der Waals surface area contributed by atoms with Crippen LogP contribution < -0.4 is 5.56 Å². The van der Waals surface area contributed by atoms with Gasteiger partial charge in [-0.05, 0) is 11.6 Å². The number of halogens is 1. The SMILES string of the molecule is Cn1c2nc(Cc3[nH]ncc3Cl)sc2c2cnn(Cc3cccc4[nH]ncc34)c(=O)c21. The molecule has 0 aliphatic heterocycles. The van der Waals surface area contributed by atoms with E-state index in [0.717, 1.165) is 42.9 Å². The average molecular weight is 451 g/mol. The fourth-order valence-electron chi connectivity index (χ4n) is 3.92. The van der Waals surface area contributed by atoms with E-state index in [-0.39, 0.29) is 5.56 Å². The number of fused-ring (bicyclic) bond motifs is 4. The molecule has 0 amide bonds. The Labute approximate surface area is 183 Å². The molecule has 0 aliphatic carbocycles. The molecule has 0 saturated heterocycles. The highest BCUT2D eigenvalue weighted by atomic mass is 35.5. The number of hydrogen-bond donors (Lipinski definition) is 2. The highest BCUT2D eigenvalue weighted by molar-refractivity contribution is 7.19. The standard InChI is InChI=1S/C20H15ClN8OS/c1-28-17-12(18-19(28)25-16(31-18)5-15-13(21)8-23-27-15)7-24-29(20(17)30)9-10-3-2-4-14-11(10)6-22-26-14/h2-4,6-8H,5,9H2,1H3,(H,22,26)(H,23,27). The summed E-state index contributed by atoms with van der Waals surface area (Å²) in [6, 6.07) is 5.87. The van der Waals surface area contributed by atoms with E-state index in [9.17, 15) is 4.79 Å². The first-order chi connectivity index (χ1) is 15.1. The van der Waals surface area contributed by atoms with Crippen LogP contribution in [0.4, 0.5) is 0 Å². The predicted octanol–water partition coefficient (Wildman–Crippen LogP) is 3.24. The number of rotatable bonds is 4. The minimum atomic E-state index is -0.149. The topological polar surface area (TPSA) is 110 Å². The van der Waals surface area contributed by atoms with Crippen molar-refractivity contribution in [2.45, 2.75) is 13.0 Å². The molecule has 1 aromatic carbocycles. The monoisotopic (exact) mass is 450 g/mol. The zero-order valence-corrected chi connectivity index (χ0v) is 17.8. The summed E-state index contributed by atoms with van der Waals surface area (Å²) in [4.78, 5) is 18.0. The number of aromatic nitrogens is 8. The average Bonchev–Trinajstić information content (AvgIpc) is 3.52. The van der Waals surface area contributed by atoms with Crippen LogP contribution in [-0.2, 0) is 20.0 Å². The Morgan fingerprint density at radius 2 is 2.00 bits per heavy atom. The molecule has 0 atom stereocenters. The summed E-state index contributed by atoms with van der Waals surface area (Å²) in [5, 5.41) is 21.6. The van der Waals surface area contributed by atoms with Gasteiger partial charge < -0.3 is 4.57 Å². The third-order valence-corrected chi connectivity index (χ3v) is 6.86. The largest absolute Gasteiger partial charge is 0.323 e. The third kappa shape index (κ3) is 2.79. The summed E-state index contributed by atoms with van der Waals surface area (Å²) in [6.07, 6.45) is 5.65. The Hall–Kier alpha value is -3.50. The van der Waals surface area contributed by atoms with Gasteiger partial charge in [-0.2, -0.15) is 15.3 Å². The molecule has 0 aliphatic rings. The van der Waals surface area contributed by atoms with Gasteiger partial charge >= 0.3 is 0 Å². The number of aromatic amines is 2. The lowest BCUT2D eigenvalue weighted by molar-refractivity contribution is 0.647. The van der Waals surface area contributed by atoms with Crippen molar-refractivity contribution >= 4 is 55.1 Å². The van der Waals surface area contributed by atoms with Crippen molar-refractivity contribution in [3.05, 3.63) is 68.4 Å². The van der Waals surface area contributed by atoms with E-state index >= 15 is 0 Å². The number of aryl methyl sites for hydroxylation is 1. The fourth-order valence-corrected chi connectivity index (χ4v) is 5.20. The summed E-state index contributed by atoms with van der Waals surface area (Å²) in [6.45, 7) is 0.363.